The zero-order chi connectivity index (χ0) is 18.1. The van der Waals surface area contributed by atoms with Crippen molar-refractivity contribution in [2.24, 2.45) is 11.7 Å². The molecule has 0 heterocycles. The molecular weight excluding hydrogens is 306 g/mol. The summed E-state index contributed by atoms with van der Waals surface area (Å²) in [5.41, 5.74) is 6.84. The number of carbonyl (C=O) groups excluding carboxylic acids is 2. The van der Waals surface area contributed by atoms with Crippen molar-refractivity contribution in [2.45, 2.75) is 39.7 Å². The summed E-state index contributed by atoms with van der Waals surface area (Å²) in [4.78, 5) is 23.4. The van der Waals surface area contributed by atoms with Crippen LogP contribution in [0.4, 0.5) is 0 Å². The van der Waals surface area contributed by atoms with Gasteiger partial charge in [-0.1, -0.05) is 45.9 Å². The molecule has 0 aliphatic heterocycles. The lowest BCUT2D eigenvalue weighted by Crippen LogP contribution is -2.47. The summed E-state index contributed by atoms with van der Waals surface area (Å²) in [6, 6.07) is 7.26. The maximum atomic E-state index is 11.7. The van der Waals surface area contributed by atoms with Crippen LogP contribution in [0.3, 0.4) is 0 Å². The third kappa shape index (κ3) is 6.58. The Morgan fingerprint density at radius 3 is 2.42 bits per heavy atom. The number of amides is 2. The van der Waals surface area contributed by atoms with Crippen LogP contribution >= 0.6 is 0 Å². The lowest BCUT2D eigenvalue weighted by Gasteiger charge is -2.15. The summed E-state index contributed by atoms with van der Waals surface area (Å²) in [5, 5.41) is 5.24. The van der Waals surface area contributed by atoms with Gasteiger partial charge < -0.3 is 21.1 Å². The van der Waals surface area contributed by atoms with E-state index in [4.69, 9.17) is 10.5 Å². The Bertz CT molecular complexity index is 544. The van der Waals surface area contributed by atoms with Gasteiger partial charge in [-0.15, -0.1) is 0 Å². The second-order valence-corrected chi connectivity index (χ2v) is 6.38. The van der Waals surface area contributed by atoms with Crippen LogP contribution in [0.25, 0.3) is 0 Å². The smallest absolute Gasteiger partial charge is 0.239 e. The van der Waals surface area contributed by atoms with Crippen LogP contribution in [0, 0.1) is 5.92 Å². The van der Waals surface area contributed by atoms with Crippen LogP contribution in [0.15, 0.2) is 24.3 Å². The summed E-state index contributed by atoms with van der Waals surface area (Å²) in [7, 11) is 0. The Balaban J connectivity index is 2.28. The number of carbonyl (C=O) groups is 2. The van der Waals surface area contributed by atoms with Gasteiger partial charge in [-0.2, -0.15) is 0 Å². The molecule has 134 valence electrons. The molecule has 6 nitrogen and oxygen atoms in total. The Labute approximate surface area is 144 Å². The van der Waals surface area contributed by atoms with E-state index in [9.17, 15) is 9.59 Å². The predicted molar refractivity (Wildman–Crippen MR) is 94.9 cm³/mol. The fourth-order valence-electron chi connectivity index (χ4n) is 2.09. The van der Waals surface area contributed by atoms with E-state index in [1.165, 1.54) is 0 Å². The summed E-state index contributed by atoms with van der Waals surface area (Å²) < 4.78 is 5.72. The van der Waals surface area contributed by atoms with Crippen LogP contribution in [0.1, 0.15) is 39.2 Å². The molecule has 0 spiro atoms. The highest BCUT2D eigenvalue weighted by molar-refractivity contribution is 5.87. The van der Waals surface area contributed by atoms with E-state index in [0.717, 1.165) is 11.3 Å². The molecular formula is C18H29N3O3. The molecule has 24 heavy (non-hydrogen) atoms. The molecule has 0 radical (unpaired) electrons. The average Bonchev–Trinajstić information content (AvgIpc) is 2.55. The normalized spacial score (nSPS) is 12.1. The summed E-state index contributed by atoms with van der Waals surface area (Å²) in [6.07, 6.45) is 0. The monoisotopic (exact) mass is 335 g/mol. The van der Waals surface area contributed by atoms with E-state index < -0.39 is 6.04 Å². The standard InChI is InChI=1S/C18H29N3O3/c1-12(2)14-7-5-6-8-15(14)24-10-9-20-16(22)11-21-18(23)17(19)13(3)4/h5-8,12-13,17H,9-11,19H2,1-4H3,(H,20,22)(H,21,23)/t17-/m0/s1. The van der Waals surface area contributed by atoms with Gasteiger partial charge in [0.05, 0.1) is 19.1 Å². The quantitative estimate of drug-likeness (QED) is 0.595. The van der Waals surface area contributed by atoms with Crippen molar-refractivity contribution in [1.29, 1.82) is 0 Å². The van der Waals surface area contributed by atoms with E-state index in [1.807, 2.05) is 38.1 Å². The molecule has 0 aromatic heterocycles. The van der Waals surface area contributed by atoms with Crippen molar-refractivity contribution in [3.63, 3.8) is 0 Å². The van der Waals surface area contributed by atoms with Crippen molar-refractivity contribution in [2.75, 3.05) is 19.7 Å². The molecule has 0 saturated heterocycles. The molecule has 0 fully saturated rings. The highest BCUT2D eigenvalue weighted by Crippen LogP contribution is 2.25. The van der Waals surface area contributed by atoms with Crippen molar-refractivity contribution in [1.82, 2.24) is 10.6 Å². The highest BCUT2D eigenvalue weighted by atomic mass is 16.5. The molecule has 2 amide bonds. The second kappa shape index (κ2) is 9.93. The van der Waals surface area contributed by atoms with Gasteiger partial charge in [0.1, 0.15) is 12.4 Å². The number of nitrogens with one attached hydrogen (secondary N) is 2. The average molecular weight is 335 g/mol. The SMILES string of the molecule is CC(C)c1ccccc1OCCNC(=O)CNC(=O)[C@@H](N)C(C)C. The van der Waals surface area contributed by atoms with Gasteiger partial charge in [0.15, 0.2) is 0 Å². The lowest BCUT2D eigenvalue weighted by molar-refractivity contribution is -0.127. The number of hydrogen-bond donors (Lipinski definition) is 3. The Morgan fingerprint density at radius 2 is 1.79 bits per heavy atom. The minimum atomic E-state index is -0.603. The van der Waals surface area contributed by atoms with Crippen LogP contribution in [-0.2, 0) is 9.59 Å². The van der Waals surface area contributed by atoms with Gasteiger partial charge in [-0.25, -0.2) is 0 Å². The molecule has 6 heteroatoms. The zero-order valence-corrected chi connectivity index (χ0v) is 15.0. The first-order valence-corrected chi connectivity index (χ1v) is 8.34. The summed E-state index contributed by atoms with van der Waals surface area (Å²) in [5.74, 6) is 0.652. The third-order valence-corrected chi connectivity index (χ3v) is 3.67. The molecule has 1 rings (SSSR count). The zero-order valence-electron chi connectivity index (χ0n) is 15.0. The first-order chi connectivity index (χ1) is 11.3. The van der Waals surface area contributed by atoms with E-state index in [-0.39, 0.29) is 24.3 Å². The van der Waals surface area contributed by atoms with Gasteiger partial charge in [-0.05, 0) is 23.5 Å². The first-order valence-electron chi connectivity index (χ1n) is 8.34. The maximum absolute atomic E-state index is 11.7. The Kier molecular flexibility index (Phi) is 8.26. The van der Waals surface area contributed by atoms with Gasteiger partial charge in [0, 0.05) is 0 Å². The molecule has 1 atom stereocenters. The molecule has 1 aromatic carbocycles. The number of ether oxygens (including phenoxy) is 1. The van der Waals surface area contributed by atoms with E-state index in [1.54, 1.807) is 0 Å². The van der Waals surface area contributed by atoms with Crippen LogP contribution in [0.2, 0.25) is 0 Å². The third-order valence-electron chi connectivity index (χ3n) is 3.67. The Hall–Kier alpha value is -2.08. The van der Waals surface area contributed by atoms with Crippen molar-refractivity contribution in [3.05, 3.63) is 29.8 Å². The number of para-hydroxylation sites is 1. The second-order valence-electron chi connectivity index (χ2n) is 6.38. The topological polar surface area (TPSA) is 93.5 Å². The van der Waals surface area contributed by atoms with Crippen LogP contribution in [0.5, 0.6) is 5.75 Å². The van der Waals surface area contributed by atoms with Crippen LogP contribution in [-0.4, -0.2) is 37.6 Å². The number of nitrogens with two attached hydrogens (primary N) is 1. The summed E-state index contributed by atoms with van der Waals surface area (Å²) >= 11 is 0. The lowest BCUT2D eigenvalue weighted by atomic mass is 10.0. The largest absolute Gasteiger partial charge is 0.491 e. The van der Waals surface area contributed by atoms with E-state index in [2.05, 4.69) is 24.5 Å². The van der Waals surface area contributed by atoms with Crippen molar-refractivity contribution >= 4 is 11.8 Å². The molecule has 0 bridgehead atoms. The number of rotatable bonds is 9. The van der Waals surface area contributed by atoms with Crippen molar-refractivity contribution < 1.29 is 14.3 Å². The predicted octanol–water partition coefficient (Wildman–Crippen LogP) is 1.40. The minimum Gasteiger partial charge on any atom is -0.491 e. The van der Waals surface area contributed by atoms with Gasteiger partial charge in [0.2, 0.25) is 11.8 Å². The molecule has 0 aliphatic carbocycles. The van der Waals surface area contributed by atoms with Gasteiger partial charge >= 0.3 is 0 Å². The number of benzene rings is 1. The van der Waals surface area contributed by atoms with E-state index >= 15 is 0 Å². The molecule has 0 aliphatic rings. The molecule has 0 saturated carbocycles. The van der Waals surface area contributed by atoms with Gasteiger partial charge in [-0.3, -0.25) is 9.59 Å². The molecule has 4 N–H and O–H groups in total. The molecule has 0 unspecified atom stereocenters. The fraction of sp³-hybridized carbons (Fsp3) is 0.556. The van der Waals surface area contributed by atoms with Gasteiger partial charge in [0.25, 0.3) is 0 Å². The minimum absolute atomic E-state index is 0.0301. The van der Waals surface area contributed by atoms with E-state index in [0.29, 0.717) is 19.1 Å². The van der Waals surface area contributed by atoms with Crippen molar-refractivity contribution in [3.8, 4) is 5.75 Å². The fourth-order valence-corrected chi connectivity index (χ4v) is 2.09. The summed E-state index contributed by atoms with van der Waals surface area (Å²) in [6.45, 7) is 8.59. The first kappa shape index (κ1) is 20.0. The molecule has 1 aromatic rings. The van der Waals surface area contributed by atoms with Crippen LogP contribution < -0.4 is 21.1 Å². The maximum Gasteiger partial charge on any atom is 0.239 e. The Morgan fingerprint density at radius 1 is 1.12 bits per heavy atom. The number of hydrogen-bond acceptors (Lipinski definition) is 4. The highest BCUT2D eigenvalue weighted by Gasteiger charge is 2.17.